The lowest BCUT2D eigenvalue weighted by Crippen LogP contribution is -2.62. The summed E-state index contributed by atoms with van der Waals surface area (Å²) in [6.07, 6.45) is 0. The third-order valence-electron chi connectivity index (χ3n) is 3.19. The Morgan fingerprint density at radius 1 is 1.35 bits per heavy atom. The van der Waals surface area contributed by atoms with E-state index in [2.05, 4.69) is 5.32 Å². The topological polar surface area (TPSA) is 49.4 Å². The second-order valence-electron chi connectivity index (χ2n) is 5.89. The van der Waals surface area contributed by atoms with E-state index in [9.17, 15) is 14.0 Å². The van der Waals surface area contributed by atoms with E-state index in [0.29, 0.717) is 9.26 Å². The lowest BCUT2D eigenvalue weighted by molar-refractivity contribution is -0.133. The molecule has 0 radical (unpaired) electrons. The Kier molecular flexibility index (Phi) is 4.04. The standard InChI is InChI=1S/C14H16FIN2O2/c1-14(2,3)12-13(20)18(7-11(19)17-12)10-5-4-8(15)6-9(10)16/h4-6,12H,7H2,1-3H3,(H,17,19). The van der Waals surface area contributed by atoms with Crippen LogP contribution in [0.3, 0.4) is 0 Å². The molecule has 1 heterocycles. The number of piperazine rings is 1. The molecular formula is C14H16FIN2O2. The van der Waals surface area contributed by atoms with Gasteiger partial charge in [0, 0.05) is 3.57 Å². The van der Waals surface area contributed by atoms with Gasteiger partial charge in [0.2, 0.25) is 5.91 Å². The number of amides is 2. The predicted molar refractivity (Wildman–Crippen MR) is 82.9 cm³/mol. The zero-order valence-corrected chi connectivity index (χ0v) is 13.7. The highest BCUT2D eigenvalue weighted by molar-refractivity contribution is 14.1. The Morgan fingerprint density at radius 3 is 2.55 bits per heavy atom. The first-order valence-electron chi connectivity index (χ1n) is 6.26. The van der Waals surface area contributed by atoms with E-state index in [1.54, 1.807) is 0 Å². The van der Waals surface area contributed by atoms with Gasteiger partial charge in [-0.05, 0) is 46.2 Å². The summed E-state index contributed by atoms with van der Waals surface area (Å²) >= 11 is 1.97. The minimum absolute atomic E-state index is 0.0347. The van der Waals surface area contributed by atoms with E-state index in [1.165, 1.54) is 23.1 Å². The molecule has 20 heavy (non-hydrogen) atoms. The molecule has 108 valence electrons. The number of carbonyl (C=O) groups is 2. The summed E-state index contributed by atoms with van der Waals surface area (Å²) in [6, 6.07) is 3.60. The van der Waals surface area contributed by atoms with Crippen molar-refractivity contribution in [1.82, 2.24) is 5.32 Å². The number of anilines is 1. The van der Waals surface area contributed by atoms with Crippen molar-refractivity contribution in [1.29, 1.82) is 0 Å². The molecule has 1 fully saturated rings. The first-order chi connectivity index (χ1) is 9.20. The molecule has 4 nitrogen and oxygen atoms in total. The lowest BCUT2D eigenvalue weighted by atomic mass is 9.84. The number of hydrogen-bond acceptors (Lipinski definition) is 2. The van der Waals surface area contributed by atoms with Crippen molar-refractivity contribution in [3.05, 3.63) is 27.6 Å². The summed E-state index contributed by atoms with van der Waals surface area (Å²) in [5.74, 6) is -0.731. The first-order valence-corrected chi connectivity index (χ1v) is 7.34. The van der Waals surface area contributed by atoms with Gasteiger partial charge in [-0.3, -0.25) is 9.59 Å². The van der Waals surface area contributed by atoms with Crippen LogP contribution in [-0.4, -0.2) is 24.4 Å². The van der Waals surface area contributed by atoms with Gasteiger partial charge in [0.15, 0.2) is 0 Å². The summed E-state index contributed by atoms with van der Waals surface area (Å²) in [4.78, 5) is 25.8. The predicted octanol–water partition coefficient (Wildman–Crippen LogP) is 2.31. The Bertz CT molecular complexity index is 569. The third-order valence-corrected chi connectivity index (χ3v) is 4.05. The van der Waals surface area contributed by atoms with Crippen LogP contribution in [0.15, 0.2) is 18.2 Å². The minimum atomic E-state index is -0.579. The maximum atomic E-state index is 13.2. The second-order valence-corrected chi connectivity index (χ2v) is 7.05. The smallest absolute Gasteiger partial charge is 0.250 e. The first kappa shape index (κ1) is 15.2. The molecule has 0 spiro atoms. The number of nitrogens with one attached hydrogen (secondary N) is 1. The summed E-state index contributed by atoms with van der Waals surface area (Å²) in [7, 11) is 0. The number of benzene rings is 1. The van der Waals surface area contributed by atoms with Gasteiger partial charge in [0.1, 0.15) is 18.4 Å². The van der Waals surface area contributed by atoms with Crippen molar-refractivity contribution < 1.29 is 14.0 Å². The minimum Gasteiger partial charge on any atom is -0.342 e. The van der Waals surface area contributed by atoms with E-state index in [4.69, 9.17) is 0 Å². The molecule has 1 unspecified atom stereocenters. The fraction of sp³-hybridized carbons (Fsp3) is 0.429. The van der Waals surface area contributed by atoms with E-state index < -0.39 is 6.04 Å². The van der Waals surface area contributed by atoms with E-state index in [-0.39, 0.29) is 29.6 Å². The molecule has 1 atom stereocenters. The van der Waals surface area contributed by atoms with Crippen LogP contribution < -0.4 is 10.2 Å². The molecule has 0 aromatic heterocycles. The Balaban J connectivity index is 2.40. The maximum Gasteiger partial charge on any atom is 0.250 e. The Labute approximate surface area is 130 Å². The molecule has 2 rings (SSSR count). The number of rotatable bonds is 1. The van der Waals surface area contributed by atoms with Crippen molar-refractivity contribution in [3.8, 4) is 0 Å². The molecular weight excluding hydrogens is 374 g/mol. The highest BCUT2D eigenvalue weighted by Gasteiger charge is 2.40. The Hall–Kier alpha value is -1.18. The number of hydrogen-bond donors (Lipinski definition) is 1. The van der Waals surface area contributed by atoms with Crippen molar-refractivity contribution in [2.45, 2.75) is 26.8 Å². The average molecular weight is 390 g/mol. The van der Waals surface area contributed by atoms with E-state index >= 15 is 0 Å². The van der Waals surface area contributed by atoms with Gasteiger partial charge in [-0.2, -0.15) is 0 Å². The van der Waals surface area contributed by atoms with Crippen LogP contribution in [0.2, 0.25) is 0 Å². The SMILES string of the molecule is CC(C)(C)C1NC(=O)CN(c2ccc(F)cc2I)C1=O. The van der Waals surface area contributed by atoms with Gasteiger partial charge in [-0.25, -0.2) is 4.39 Å². The van der Waals surface area contributed by atoms with Crippen LogP contribution in [0.4, 0.5) is 10.1 Å². The summed E-state index contributed by atoms with van der Waals surface area (Å²) in [5.41, 5.74) is 0.192. The van der Waals surface area contributed by atoms with Crippen molar-refractivity contribution in [3.63, 3.8) is 0 Å². The number of halogens is 2. The zero-order valence-electron chi connectivity index (χ0n) is 11.5. The molecule has 1 aromatic rings. The molecule has 1 N–H and O–H groups in total. The van der Waals surface area contributed by atoms with Crippen LogP contribution in [0.5, 0.6) is 0 Å². The average Bonchev–Trinajstić information content (AvgIpc) is 2.31. The van der Waals surface area contributed by atoms with E-state index in [0.717, 1.165) is 0 Å². The molecule has 2 amide bonds. The lowest BCUT2D eigenvalue weighted by Gasteiger charge is -2.39. The van der Waals surface area contributed by atoms with E-state index in [1.807, 2.05) is 43.4 Å². The highest BCUT2D eigenvalue weighted by atomic mass is 127. The molecule has 1 aromatic carbocycles. The molecule has 6 heteroatoms. The van der Waals surface area contributed by atoms with Gasteiger partial charge in [0.05, 0.1) is 5.69 Å². The molecule has 1 aliphatic rings. The number of carbonyl (C=O) groups excluding carboxylic acids is 2. The van der Waals surface area contributed by atoms with Gasteiger partial charge in [-0.1, -0.05) is 20.8 Å². The summed E-state index contributed by atoms with van der Waals surface area (Å²) in [6.45, 7) is 5.66. The van der Waals surface area contributed by atoms with Crippen molar-refractivity contribution in [2.24, 2.45) is 5.41 Å². The molecule has 0 saturated carbocycles. The van der Waals surface area contributed by atoms with Crippen LogP contribution in [0.25, 0.3) is 0 Å². The molecule has 1 aliphatic heterocycles. The van der Waals surface area contributed by atoms with Crippen LogP contribution in [-0.2, 0) is 9.59 Å². The molecule has 0 aliphatic carbocycles. The second kappa shape index (κ2) is 5.31. The van der Waals surface area contributed by atoms with Crippen LogP contribution >= 0.6 is 22.6 Å². The fourth-order valence-electron chi connectivity index (χ4n) is 2.14. The van der Waals surface area contributed by atoms with Gasteiger partial charge in [-0.15, -0.1) is 0 Å². The quantitative estimate of drug-likeness (QED) is 0.749. The van der Waals surface area contributed by atoms with Crippen molar-refractivity contribution >= 4 is 40.1 Å². The normalized spacial score (nSPS) is 20.1. The van der Waals surface area contributed by atoms with Gasteiger partial charge >= 0.3 is 0 Å². The van der Waals surface area contributed by atoms with Gasteiger partial charge in [0.25, 0.3) is 5.91 Å². The number of nitrogens with zero attached hydrogens (tertiary/aromatic N) is 1. The van der Waals surface area contributed by atoms with Crippen LogP contribution in [0, 0.1) is 14.8 Å². The Morgan fingerprint density at radius 2 is 2.00 bits per heavy atom. The summed E-state index contributed by atoms with van der Waals surface area (Å²) < 4.78 is 13.8. The van der Waals surface area contributed by atoms with Crippen LogP contribution in [0.1, 0.15) is 20.8 Å². The fourth-order valence-corrected chi connectivity index (χ4v) is 2.91. The van der Waals surface area contributed by atoms with Crippen molar-refractivity contribution in [2.75, 3.05) is 11.4 Å². The molecule has 1 saturated heterocycles. The monoisotopic (exact) mass is 390 g/mol. The van der Waals surface area contributed by atoms with Gasteiger partial charge < -0.3 is 10.2 Å². The largest absolute Gasteiger partial charge is 0.342 e. The third kappa shape index (κ3) is 2.94. The maximum absolute atomic E-state index is 13.2. The summed E-state index contributed by atoms with van der Waals surface area (Å²) in [5, 5.41) is 2.73. The molecule has 0 bridgehead atoms. The zero-order chi connectivity index (χ0) is 15.1. The highest BCUT2D eigenvalue weighted by Crippen LogP contribution is 2.29.